The zero-order valence-corrected chi connectivity index (χ0v) is 15.4. The lowest BCUT2D eigenvalue weighted by Gasteiger charge is -2.36. The minimum absolute atomic E-state index is 0.0853. The largest absolute Gasteiger partial charge is 0.381 e. The smallest absolute Gasteiger partial charge is 0.232 e. The number of nitrogens with one attached hydrogen (secondary N) is 3. The Morgan fingerprint density at radius 2 is 2.15 bits per heavy atom. The number of H-pyrrole nitrogens is 1. The van der Waals surface area contributed by atoms with Crippen LogP contribution in [0.25, 0.3) is 0 Å². The second kappa shape index (κ2) is 8.70. The molecule has 0 aliphatic carbocycles. The average Bonchev–Trinajstić information content (AvgIpc) is 3.19. The summed E-state index contributed by atoms with van der Waals surface area (Å²) in [6.45, 7) is 1.06. The summed E-state index contributed by atoms with van der Waals surface area (Å²) >= 11 is -2.22. The second-order valence-corrected chi connectivity index (χ2v) is 7.15. The number of rotatable bonds is 7. The Labute approximate surface area is 158 Å². The Bertz CT molecular complexity index is 809. The molecule has 0 saturated carbocycles. The van der Waals surface area contributed by atoms with Crippen molar-refractivity contribution in [1.29, 1.82) is 0 Å². The summed E-state index contributed by atoms with van der Waals surface area (Å²) in [7, 11) is 0. The van der Waals surface area contributed by atoms with Gasteiger partial charge in [0, 0.05) is 43.6 Å². The number of amides is 1. The topological polar surface area (TPSA) is 116 Å². The minimum atomic E-state index is -2.22. The molecule has 1 aromatic carbocycles. The fraction of sp³-hybridized carbons (Fsp3) is 0.412. The number of nitrogens with zero attached hydrogens (tertiary/aromatic N) is 1. The lowest BCUT2D eigenvalue weighted by molar-refractivity contribution is -0.130. The molecule has 0 bridgehead atoms. The standard InChI is InChI=1S/C17H21FN4O4S/c18-15-7-14(2-1-13(15)11-22-27(24)25)17(3-5-26-6-4-17)16(23)19-8-12-9-20-21-10-12/h1-2,7,9-10,22H,3-6,8,11H2,(H,19,23)(H,20,21)(H,24,25). The SMILES string of the molecule is O=C(NCc1cn[nH]c1)C1(c2ccc(CNS(=O)O)c(F)c2)CCOCC1. The maximum atomic E-state index is 14.5. The van der Waals surface area contributed by atoms with Crippen molar-refractivity contribution in [3.05, 3.63) is 53.1 Å². The van der Waals surface area contributed by atoms with Gasteiger partial charge in [0.25, 0.3) is 0 Å². The predicted molar refractivity (Wildman–Crippen MR) is 96.2 cm³/mol. The Morgan fingerprint density at radius 1 is 1.37 bits per heavy atom. The van der Waals surface area contributed by atoms with E-state index in [1.807, 2.05) is 0 Å². The van der Waals surface area contributed by atoms with Gasteiger partial charge in [-0.15, -0.1) is 0 Å². The van der Waals surface area contributed by atoms with Crippen LogP contribution in [0.1, 0.15) is 29.5 Å². The van der Waals surface area contributed by atoms with Crippen molar-refractivity contribution in [2.24, 2.45) is 0 Å². The Balaban J connectivity index is 1.82. The average molecular weight is 396 g/mol. The summed E-state index contributed by atoms with van der Waals surface area (Å²) in [5, 5.41) is 9.45. The Hall–Kier alpha value is -2.14. The van der Waals surface area contributed by atoms with E-state index in [2.05, 4.69) is 20.2 Å². The lowest BCUT2D eigenvalue weighted by Crippen LogP contribution is -2.47. The molecule has 27 heavy (non-hydrogen) atoms. The molecule has 3 rings (SSSR count). The van der Waals surface area contributed by atoms with Gasteiger partial charge in [-0.1, -0.05) is 12.1 Å². The van der Waals surface area contributed by atoms with E-state index in [1.165, 1.54) is 12.1 Å². The highest BCUT2D eigenvalue weighted by atomic mass is 32.2. The van der Waals surface area contributed by atoms with Crippen LogP contribution in [-0.2, 0) is 39.3 Å². The number of benzene rings is 1. The maximum absolute atomic E-state index is 14.5. The molecule has 1 unspecified atom stereocenters. The molecule has 1 saturated heterocycles. The number of ether oxygens (including phenoxy) is 1. The molecule has 1 aliphatic rings. The van der Waals surface area contributed by atoms with Crippen LogP contribution in [0.4, 0.5) is 4.39 Å². The van der Waals surface area contributed by atoms with E-state index < -0.39 is 22.5 Å². The van der Waals surface area contributed by atoms with Gasteiger partial charge in [0.2, 0.25) is 17.2 Å². The van der Waals surface area contributed by atoms with E-state index in [0.717, 1.165) is 5.56 Å². The molecule has 1 fully saturated rings. The fourth-order valence-electron chi connectivity index (χ4n) is 3.22. The molecule has 2 aromatic rings. The summed E-state index contributed by atoms with van der Waals surface area (Å²) in [4.78, 5) is 13.0. The van der Waals surface area contributed by atoms with Crippen LogP contribution in [0, 0.1) is 5.82 Å². The van der Waals surface area contributed by atoms with Gasteiger partial charge in [0.15, 0.2) is 0 Å². The van der Waals surface area contributed by atoms with Gasteiger partial charge in [-0.3, -0.25) is 14.4 Å². The first-order chi connectivity index (χ1) is 13.0. The molecule has 10 heteroatoms. The molecular weight excluding hydrogens is 375 g/mol. The van der Waals surface area contributed by atoms with Crippen molar-refractivity contribution in [3.8, 4) is 0 Å². The first kappa shape index (κ1) is 19.6. The summed E-state index contributed by atoms with van der Waals surface area (Å²) in [5.74, 6) is -0.715. The molecule has 0 spiro atoms. The van der Waals surface area contributed by atoms with Gasteiger partial charge in [0.05, 0.1) is 11.6 Å². The third-order valence-electron chi connectivity index (χ3n) is 4.78. The molecule has 1 atom stereocenters. The number of aromatic amines is 1. The monoisotopic (exact) mass is 396 g/mol. The van der Waals surface area contributed by atoms with Gasteiger partial charge in [0.1, 0.15) is 5.82 Å². The first-order valence-electron chi connectivity index (χ1n) is 8.48. The summed E-state index contributed by atoms with van der Waals surface area (Å²) in [6, 6.07) is 4.56. The Morgan fingerprint density at radius 3 is 2.78 bits per heavy atom. The number of halogens is 1. The van der Waals surface area contributed by atoms with Crippen LogP contribution in [0.15, 0.2) is 30.6 Å². The summed E-state index contributed by atoms with van der Waals surface area (Å²) in [5.41, 5.74) is 0.786. The van der Waals surface area contributed by atoms with Gasteiger partial charge >= 0.3 is 0 Å². The molecule has 0 radical (unpaired) electrons. The summed E-state index contributed by atoms with van der Waals surface area (Å²) in [6.07, 6.45) is 4.22. The van der Waals surface area contributed by atoms with Crippen molar-refractivity contribution >= 4 is 17.2 Å². The molecule has 1 amide bonds. The quantitative estimate of drug-likeness (QED) is 0.524. The van der Waals surface area contributed by atoms with Crippen molar-refractivity contribution in [2.75, 3.05) is 13.2 Å². The van der Waals surface area contributed by atoms with Crippen molar-refractivity contribution in [1.82, 2.24) is 20.2 Å². The minimum Gasteiger partial charge on any atom is -0.381 e. The number of aromatic nitrogens is 2. The molecular formula is C17H21FN4O4S. The molecule has 8 nitrogen and oxygen atoms in total. The van der Waals surface area contributed by atoms with E-state index in [9.17, 15) is 13.4 Å². The molecule has 2 heterocycles. The number of carbonyl (C=O) groups excluding carboxylic acids is 1. The number of carbonyl (C=O) groups is 1. The molecule has 1 aromatic heterocycles. The van der Waals surface area contributed by atoms with Crippen LogP contribution in [0.2, 0.25) is 0 Å². The molecule has 1 aliphatic heterocycles. The van der Waals surface area contributed by atoms with Crippen LogP contribution < -0.4 is 10.0 Å². The molecule has 146 valence electrons. The van der Waals surface area contributed by atoms with Crippen LogP contribution >= 0.6 is 0 Å². The lowest BCUT2D eigenvalue weighted by atomic mass is 9.73. The van der Waals surface area contributed by atoms with E-state index in [4.69, 9.17) is 9.29 Å². The van der Waals surface area contributed by atoms with Crippen LogP contribution in [0.5, 0.6) is 0 Å². The van der Waals surface area contributed by atoms with E-state index in [0.29, 0.717) is 38.2 Å². The van der Waals surface area contributed by atoms with Crippen molar-refractivity contribution in [3.63, 3.8) is 0 Å². The van der Waals surface area contributed by atoms with Crippen LogP contribution in [-0.4, -0.2) is 38.1 Å². The highest BCUT2D eigenvalue weighted by Gasteiger charge is 2.42. The third-order valence-corrected chi connectivity index (χ3v) is 5.17. The number of hydrogen-bond donors (Lipinski definition) is 4. The van der Waals surface area contributed by atoms with Gasteiger partial charge in [-0.25, -0.2) is 13.3 Å². The Kier molecular flexibility index (Phi) is 6.32. The predicted octanol–water partition coefficient (Wildman–Crippen LogP) is 1.14. The van der Waals surface area contributed by atoms with E-state index in [-0.39, 0.29) is 18.0 Å². The normalized spacial score (nSPS) is 17.4. The van der Waals surface area contributed by atoms with Gasteiger partial charge in [-0.2, -0.15) is 5.10 Å². The van der Waals surface area contributed by atoms with E-state index >= 15 is 0 Å². The van der Waals surface area contributed by atoms with Crippen LogP contribution in [0.3, 0.4) is 0 Å². The van der Waals surface area contributed by atoms with Crippen molar-refractivity contribution in [2.45, 2.75) is 31.3 Å². The highest BCUT2D eigenvalue weighted by Crippen LogP contribution is 2.36. The zero-order valence-electron chi connectivity index (χ0n) is 14.5. The van der Waals surface area contributed by atoms with Gasteiger partial charge in [-0.05, 0) is 24.5 Å². The fourth-order valence-corrected chi connectivity index (χ4v) is 3.50. The van der Waals surface area contributed by atoms with Crippen molar-refractivity contribution < 1.29 is 22.7 Å². The second-order valence-electron chi connectivity index (χ2n) is 6.36. The van der Waals surface area contributed by atoms with Gasteiger partial charge < -0.3 is 10.1 Å². The maximum Gasteiger partial charge on any atom is 0.232 e. The first-order valence-corrected chi connectivity index (χ1v) is 9.59. The van der Waals surface area contributed by atoms with E-state index in [1.54, 1.807) is 18.5 Å². The summed E-state index contributed by atoms with van der Waals surface area (Å²) < 4.78 is 41.6. The zero-order chi connectivity index (χ0) is 19.3. The number of hydrogen-bond acceptors (Lipinski definition) is 4. The molecule has 4 N–H and O–H groups in total. The third kappa shape index (κ3) is 4.59. The highest BCUT2D eigenvalue weighted by molar-refractivity contribution is 7.77.